The van der Waals surface area contributed by atoms with E-state index in [2.05, 4.69) is 20.8 Å². The molecule has 144 valence electrons. The molecule has 0 spiro atoms. The van der Waals surface area contributed by atoms with Gasteiger partial charge in [-0.15, -0.1) is 5.10 Å². The predicted molar refractivity (Wildman–Crippen MR) is 99.5 cm³/mol. The minimum Gasteiger partial charge on any atom is -0.494 e. The van der Waals surface area contributed by atoms with Gasteiger partial charge in [0.05, 0.1) is 7.11 Å². The first kappa shape index (κ1) is 18.8. The number of carbonyl (C=O) groups excluding carboxylic acids is 2. The van der Waals surface area contributed by atoms with Gasteiger partial charge in [-0.25, -0.2) is 0 Å². The van der Waals surface area contributed by atoms with Gasteiger partial charge in [0.1, 0.15) is 17.2 Å². The number of benzene rings is 2. The smallest absolute Gasteiger partial charge is 0.262 e. The number of rotatable bonds is 7. The van der Waals surface area contributed by atoms with Crippen molar-refractivity contribution in [3.63, 3.8) is 0 Å². The topological polar surface area (TPSA) is 134 Å². The van der Waals surface area contributed by atoms with Gasteiger partial charge < -0.3 is 20.5 Å². The van der Waals surface area contributed by atoms with E-state index in [0.717, 1.165) is 0 Å². The Hall–Kier alpha value is -3.95. The number of tetrazole rings is 1. The fourth-order valence-corrected chi connectivity index (χ4v) is 2.45. The Morgan fingerprint density at radius 3 is 2.54 bits per heavy atom. The van der Waals surface area contributed by atoms with Gasteiger partial charge in [-0.3, -0.25) is 9.59 Å². The van der Waals surface area contributed by atoms with Crippen LogP contribution in [0, 0.1) is 6.92 Å². The van der Waals surface area contributed by atoms with Crippen LogP contribution < -0.4 is 20.5 Å². The Kier molecular flexibility index (Phi) is 5.49. The van der Waals surface area contributed by atoms with Crippen LogP contribution in [0.1, 0.15) is 16.2 Å². The summed E-state index contributed by atoms with van der Waals surface area (Å²) < 4.78 is 12.2. The molecule has 0 bridgehead atoms. The van der Waals surface area contributed by atoms with Crippen molar-refractivity contribution in [1.29, 1.82) is 0 Å². The molecule has 0 aliphatic carbocycles. The first-order valence-electron chi connectivity index (χ1n) is 8.24. The van der Waals surface area contributed by atoms with Crippen LogP contribution in [-0.2, 0) is 4.79 Å². The van der Waals surface area contributed by atoms with Crippen LogP contribution in [0.4, 0.5) is 5.69 Å². The average Bonchev–Trinajstić information content (AvgIpc) is 3.12. The number of hydrogen-bond donors (Lipinski definition) is 2. The van der Waals surface area contributed by atoms with E-state index >= 15 is 0 Å². The number of hydrogen-bond acceptors (Lipinski definition) is 7. The summed E-state index contributed by atoms with van der Waals surface area (Å²) in [6.07, 6.45) is 0. The molecule has 28 heavy (non-hydrogen) atoms. The highest BCUT2D eigenvalue weighted by atomic mass is 16.5. The summed E-state index contributed by atoms with van der Waals surface area (Å²) in [6, 6.07) is 11.3. The summed E-state index contributed by atoms with van der Waals surface area (Å²) in [7, 11) is 1.54. The maximum Gasteiger partial charge on any atom is 0.262 e. The molecule has 10 nitrogen and oxygen atoms in total. The Morgan fingerprint density at radius 1 is 1.18 bits per heavy atom. The van der Waals surface area contributed by atoms with Crippen LogP contribution in [-0.4, -0.2) is 45.7 Å². The summed E-state index contributed by atoms with van der Waals surface area (Å²) in [5, 5.41) is 14.1. The third-order valence-electron chi connectivity index (χ3n) is 3.82. The highest BCUT2D eigenvalue weighted by Crippen LogP contribution is 2.26. The number of nitrogens with zero attached hydrogens (tertiary/aromatic N) is 4. The predicted octanol–water partition coefficient (Wildman–Crippen LogP) is 1.10. The molecule has 0 unspecified atom stereocenters. The molecule has 1 aromatic heterocycles. The molecule has 0 aliphatic rings. The molecule has 0 radical (unpaired) electrons. The molecule has 3 rings (SSSR count). The minimum atomic E-state index is -0.530. The number of carbonyl (C=O) groups is 2. The lowest BCUT2D eigenvalue weighted by molar-refractivity contribution is -0.118. The maximum absolute atomic E-state index is 12.2. The van der Waals surface area contributed by atoms with Crippen molar-refractivity contribution in [2.24, 2.45) is 5.73 Å². The van der Waals surface area contributed by atoms with Crippen LogP contribution in [0.2, 0.25) is 0 Å². The fourth-order valence-electron chi connectivity index (χ4n) is 2.45. The third-order valence-corrected chi connectivity index (χ3v) is 3.82. The number of ether oxygens (including phenoxy) is 2. The Bertz CT molecular complexity index is 1000. The molecular formula is C18H18N6O4. The number of methoxy groups -OCH3 is 1. The van der Waals surface area contributed by atoms with Gasteiger partial charge in [0.25, 0.3) is 5.91 Å². The number of amides is 2. The number of aromatic nitrogens is 4. The number of aryl methyl sites for hydroxylation is 1. The summed E-state index contributed by atoms with van der Waals surface area (Å²) in [4.78, 5) is 23.2. The second-order valence-corrected chi connectivity index (χ2v) is 5.75. The zero-order valence-corrected chi connectivity index (χ0v) is 15.2. The standard InChI is InChI=1S/C18H18N6O4/c1-11-21-22-23-24(11)15-9-13(5-8-16(15)27-2)20-17(25)10-28-14-6-3-12(4-7-14)18(19)26/h3-9H,10H2,1-2H3,(H2,19,26)(H,20,25). The van der Waals surface area contributed by atoms with Gasteiger partial charge >= 0.3 is 0 Å². The zero-order chi connectivity index (χ0) is 20.1. The van der Waals surface area contributed by atoms with Gasteiger partial charge in [-0.05, 0) is 59.8 Å². The van der Waals surface area contributed by atoms with E-state index in [4.69, 9.17) is 15.2 Å². The van der Waals surface area contributed by atoms with E-state index < -0.39 is 5.91 Å². The minimum absolute atomic E-state index is 0.207. The largest absolute Gasteiger partial charge is 0.494 e. The van der Waals surface area contributed by atoms with Crippen LogP contribution in [0.5, 0.6) is 11.5 Å². The van der Waals surface area contributed by atoms with Crippen molar-refractivity contribution in [2.45, 2.75) is 6.92 Å². The molecule has 3 aromatic rings. The summed E-state index contributed by atoms with van der Waals surface area (Å²) in [6.45, 7) is 1.54. The van der Waals surface area contributed by atoms with Crippen molar-refractivity contribution < 1.29 is 19.1 Å². The molecule has 10 heteroatoms. The van der Waals surface area contributed by atoms with Gasteiger partial charge in [0.15, 0.2) is 12.4 Å². The summed E-state index contributed by atoms with van der Waals surface area (Å²) in [5.41, 5.74) is 6.66. The normalized spacial score (nSPS) is 10.4. The van der Waals surface area contributed by atoms with Crippen LogP contribution in [0.25, 0.3) is 5.69 Å². The molecule has 1 heterocycles. The fraction of sp³-hybridized carbons (Fsp3) is 0.167. The van der Waals surface area contributed by atoms with E-state index in [-0.39, 0.29) is 12.5 Å². The lowest BCUT2D eigenvalue weighted by Gasteiger charge is -2.12. The van der Waals surface area contributed by atoms with E-state index in [9.17, 15) is 9.59 Å². The van der Waals surface area contributed by atoms with Gasteiger partial charge in [-0.2, -0.15) is 4.68 Å². The van der Waals surface area contributed by atoms with Gasteiger partial charge in [0.2, 0.25) is 5.91 Å². The maximum atomic E-state index is 12.2. The Labute approximate surface area is 160 Å². The SMILES string of the molecule is COc1ccc(NC(=O)COc2ccc(C(N)=O)cc2)cc1-n1nnnc1C. The third kappa shape index (κ3) is 4.23. The Balaban J connectivity index is 1.67. The molecular weight excluding hydrogens is 364 g/mol. The highest BCUT2D eigenvalue weighted by molar-refractivity contribution is 5.93. The van der Waals surface area contributed by atoms with Gasteiger partial charge in [0, 0.05) is 11.3 Å². The van der Waals surface area contributed by atoms with Gasteiger partial charge in [-0.1, -0.05) is 0 Å². The monoisotopic (exact) mass is 382 g/mol. The first-order valence-corrected chi connectivity index (χ1v) is 8.24. The second-order valence-electron chi connectivity index (χ2n) is 5.75. The van der Waals surface area contributed by atoms with Crippen molar-refractivity contribution in [3.8, 4) is 17.2 Å². The lowest BCUT2D eigenvalue weighted by Crippen LogP contribution is -2.20. The quantitative estimate of drug-likeness (QED) is 0.625. The Morgan fingerprint density at radius 2 is 1.93 bits per heavy atom. The average molecular weight is 382 g/mol. The highest BCUT2D eigenvalue weighted by Gasteiger charge is 2.13. The molecule has 2 amide bonds. The number of nitrogens with one attached hydrogen (secondary N) is 1. The zero-order valence-electron chi connectivity index (χ0n) is 15.2. The molecule has 3 N–H and O–H groups in total. The molecule has 0 atom stereocenters. The van der Waals surface area contributed by atoms with E-state index in [0.29, 0.717) is 34.3 Å². The lowest BCUT2D eigenvalue weighted by atomic mass is 10.2. The van der Waals surface area contributed by atoms with Crippen LogP contribution in [0.15, 0.2) is 42.5 Å². The van der Waals surface area contributed by atoms with E-state index in [1.807, 2.05) is 0 Å². The number of nitrogens with two attached hydrogens (primary N) is 1. The number of anilines is 1. The summed E-state index contributed by atoms with van der Waals surface area (Å²) in [5.74, 6) is 0.685. The van der Waals surface area contributed by atoms with Crippen molar-refractivity contribution >= 4 is 17.5 Å². The van der Waals surface area contributed by atoms with Crippen molar-refractivity contribution in [3.05, 3.63) is 53.9 Å². The molecule has 0 fully saturated rings. The number of primary amides is 1. The molecule has 0 saturated heterocycles. The second kappa shape index (κ2) is 8.16. The van der Waals surface area contributed by atoms with Crippen LogP contribution in [0.3, 0.4) is 0 Å². The van der Waals surface area contributed by atoms with E-state index in [1.165, 1.54) is 23.9 Å². The molecule has 2 aromatic carbocycles. The summed E-state index contributed by atoms with van der Waals surface area (Å²) >= 11 is 0. The van der Waals surface area contributed by atoms with E-state index in [1.54, 1.807) is 37.3 Å². The first-order chi connectivity index (χ1) is 13.5. The van der Waals surface area contributed by atoms with Crippen LogP contribution >= 0.6 is 0 Å². The molecule has 0 saturated carbocycles. The van der Waals surface area contributed by atoms with Crippen molar-refractivity contribution in [1.82, 2.24) is 20.2 Å². The molecule has 0 aliphatic heterocycles. The van der Waals surface area contributed by atoms with Crippen molar-refractivity contribution in [2.75, 3.05) is 19.0 Å².